The van der Waals surface area contributed by atoms with Gasteiger partial charge < -0.3 is 20.1 Å². The highest BCUT2D eigenvalue weighted by Gasteiger charge is 2.29. The molecule has 2 amide bonds. The Hall–Kier alpha value is -1.30. The van der Waals surface area contributed by atoms with Crippen LogP contribution in [0.3, 0.4) is 0 Å². The smallest absolute Gasteiger partial charge is 0.326 e. The molecule has 6 heteroatoms. The summed E-state index contributed by atoms with van der Waals surface area (Å²) in [6, 6.07) is -1.14. The Morgan fingerprint density at radius 1 is 1.47 bits per heavy atom. The van der Waals surface area contributed by atoms with Gasteiger partial charge in [0.15, 0.2) is 0 Å². The molecule has 0 saturated carbocycles. The second-order valence-corrected chi connectivity index (χ2v) is 5.00. The fourth-order valence-corrected chi connectivity index (χ4v) is 2.06. The molecule has 1 heterocycles. The Balaban J connectivity index is 2.58. The summed E-state index contributed by atoms with van der Waals surface area (Å²) in [6.45, 7) is 7.28. The SMILES string of the molecule is CCC1CN(C(=O)NC(C(=O)O)C(C)CC)CCO1. The zero-order chi connectivity index (χ0) is 14.4. The highest BCUT2D eigenvalue weighted by Crippen LogP contribution is 2.11. The van der Waals surface area contributed by atoms with E-state index < -0.39 is 12.0 Å². The lowest BCUT2D eigenvalue weighted by atomic mass is 9.99. The fourth-order valence-electron chi connectivity index (χ4n) is 2.06. The van der Waals surface area contributed by atoms with E-state index in [1.165, 1.54) is 0 Å². The zero-order valence-electron chi connectivity index (χ0n) is 11.9. The van der Waals surface area contributed by atoms with E-state index in [1.54, 1.807) is 4.90 Å². The number of amides is 2. The third-order valence-corrected chi connectivity index (χ3v) is 3.64. The van der Waals surface area contributed by atoms with E-state index >= 15 is 0 Å². The van der Waals surface area contributed by atoms with Gasteiger partial charge in [0.05, 0.1) is 12.7 Å². The van der Waals surface area contributed by atoms with Crippen molar-refractivity contribution in [2.75, 3.05) is 19.7 Å². The highest BCUT2D eigenvalue weighted by molar-refractivity contribution is 5.82. The van der Waals surface area contributed by atoms with Crippen LogP contribution in [-0.2, 0) is 9.53 Å². The van der Waals surface area contributed by atoms with Gasteiger partial charge in [-0.05, 0) is 12.3 Å². The third-order valence-electron chi connectivity index (χ3n) is 3.64. The summed E-state index contributed by atoms with van der Waals surface area (Å²) in [6.07, 6.45) is 1.60. The molecule has 1 aliphatic heterocycles. The maximum absolute atomic E-state index is 12.1. The summed E-state index contributed by atoms with van der Waals surface area (Å²) < 4.78 is 5.49. The third kappa shape index (κ3) is 4.38. The van der Waals surface area contributed by atoms with E-state index in [1.807, 2.05) is 20.8 Å². The number of nitrogens with one attached hydrogen (secondary N) is 1. The molecule has 0 aliphatic carbocycles. The number of carboxylic acid groups (broad SMARTS) is 1. The number of hydrogen-bond acceptors (Lipinski definition) is 3. The Morgan fingerprint density at radius 2 is 2.16 bits per heavy atom. The van der Waals surface area contributed by atoms with E-state index in [-0.39, 0.29) is 18.1 Å². The van der Waals surface area contributed by atoms with E-state index in [0.717, 1.165) is 6.42 Å². The fraction of sp³-hybridized carbons (Fsp3) is 0.846. The molecule has 0 bridgehead atoms. The molecule has 2 N–H and O–H groups in total. The number of hydrogen-bond donors (Lipinski definition) is 2. The molecule has 0 aromatic rings. The maximum Gasteiger partial charge on any atom is 0.326 e. The summed E-state index contributed by atoms with van der Waals surface area (Å²) in [5.41, 5.74) is 0. The highest BCUT2D eigenvalue weighted by atomic mass is 16.5. The Bertz CT molecular complexity index is 322. The molecular weight excluding hydrogens is 248 g/mol. The van der Waals surface area contributed by atoms with Crippen molar-refractivity contribution >= 4 is 12.0 Å². The van der Waals surface area contributed by atoms with Crippen molar-refractivity contribution < 1.29 is 19.4 Å². The summed E-state index contributed by atoms with van der Waals surface area (Å²) in [5, 5.41) is 11.8. The summed E-state index contributed by atoms with van der Waals surface area (Å²) >= 11 is 0. The van der Waals surface area contributed by atoms with Crippen LogP contribution in [-0.4, -0.2) is 53.8 Å². The first-order valence-electron chi connectivity index (χ1n) is 6.89. The Labute approximate surface area is 114 Å². The van der Waals surface area contributed by atoms with Crippen LogP contribution >= 0.6 is 0 Å². The molecule has 1 saturated heterocycles. The van der Waals surface area contributed by atoms with Gasteiger partial charge in [-0.3, -0.25) is 0 Å². The Morgan fingerprint density at radius 3 is 2.68 bits per heavy atom. The number of rotatable bonds is 5. The van der Waals surface area contributed by atoms with Gasteiger partial charge in [0.25, 0.3) is 0 Å². The zero-order valence-corrected chi connectivity index (χ0v) is 11.9. The second-order valence-electron chi connectivity index (χ2n) is 5.00. The number of urea groups is 1. The molecule has 3 unspecified atom stereocenters. The molecule has 6 nitrogen and oxygen atoms in total. The predicted octanol–water partition coefficient (Wildman–Crippen LogP) is 1.31. The van der Waals surface area contributed by atoms with Gasteiger partial charge in [0.1, 0.15) is 6.04 Å². The van der Waals surface area contributed by atoms with Gasteiger partial charge in [0.2, 0.25) is 0 Å². The first kappa shape index (κ1) is 15.8. The van der Waals surface area contributed by atoms with Crippen LogP contribution < -0.4 is 5.32 Å². The molecule has 19 heavy (non-hydrogen) atoms. The van der Waals surface area contributed by atoms with E-state index in [0.29, 0.717) is 26.1 Å². The van der Waals surface area contributed by atoms with Crippen molar-refractivity contribution in [3.63, 3.8) is 0 Å². The number of ether oxygens (including phenoxy) is 1. The molecular formula is C13H24N2O4. The van der Waals surface area contributed by atoms with Crippen molar-refractivity contribution in [2.24, 2.45) is 5.92 Å². The van der Waals surface area contributed by atoms with Crippen LogP contribution in [0.1, 0.15) is 33.6 Å². The van der Waals surface area contributed by atoms with Crippen LogP contribution in [0.4, 0.5) is 4.79 Å². The molecule has 1 rings (SSSR count). The molecule has 1 aliphatic rings. The molecule has 110 valence electrons. The van der Waals surface area contributed by atoms with Crippen LogP contribution in [0.5, 0.6) is 0 Å². The minimum atomic E-state index is -0.983. The number of carboxylic acids is 1. The summed E-state index contributed by atoms with van der Waals surface area (Å²) in [4.78, 5) is 24.9. The second kappa shape index (κ2) is 7.33. The van der Waals surface area contributed by atoms with Crippen LogP contribution in [0.2, 0.25) is 0 Å². The molecule has 0 aromatic heterocycles. The first-order chi connectivity index (χ1) is 8.99. The average molecular weight is 272 g/mol. The molecule has 0 spiro atoms. The van der Waals surface area contributed by atoms with Crippen molar-refractivity contribution in [3.05, 3.63) is 0 Å². The maximum atomic E-state index is 12.1. The van der Waals surface area contributed by atoms with Crippen LogP contribution in [0.15, 0.2) is 0 Å². The van der Waals surface area contributed by atoms with Gasteiger partial charge in [-0.15, -0.1) is 0 Å². The number of nitrogens with zero attached hydrogens (tertiary/aromatic N) is 1. The number of carbonyl (C=O) groups excluding carboxylic acids is 1. The summed E-state index contributed by atoms with van der Waals surface area (Å²) in [7, 11) is 0. The lowest BCUT2D eigenvalue weighted by Gasteiger charge is -2.33. The molecule has 0 aromatic carbocycles. The number of morpholine rings is 1. The minimum Gasteiger partial charge on any atom is -0.480 e. The first-order valence-corrected chi connectivity index (χ1v) is 6.89. The monoisotopic (exact) mass is 272 g/mol. The van der Waals surface area contributed by atoms with E-state index in [2.05, 4.69) is 5.32 Å². The Kier molecular flexibility index (Phi) is 6.08. The van der Waals surface area contributed by atoms with Crippen molar-refractivity contribution in [2.45, 2.75) is 45.8 Å². The van der Waals surface area contributed by atoms with Gasteiger partial charge in [-0.2, -0.15) is 0 Å². The lowest BCUT2D eigenvalue weighted by molar-refractivity contribution is -0.140. The molecule has 3 atom stereocenters. The van der Waals surface area contributed by atoms with E-state index in [4.69, 9.17) is 9.84 Å². The van der Waals surface area contributed by atoms with Crippen molar-refractivity contribution in [1.29, 1.82) is 0 Å². The van der Waals surface area contributed by atoms with Gasteiger partial charge in [-0.25, -0.2) is 9.59 Å². The number of carbonyl (C=O) groups is 2. The minimum absolute atomic E-state index is 0.0476. The van der Waals surface area contributed by atoms with Gasteiger partial charge in [-0.1, -0.05) is 27.2 Å². The normalized spacial score (nSPS) is 22.7. The standard InChI is InChI=1S/C13H24N2O4/c1-4-9(3)11(12(16)17)14-13(18)15-6-7-19-10(5-2)8-15/h9-11H,4-8H2,1-3H3,(H,14,18)(H,16,17). The predicted molar refractivity (Wildman–Crippen MR) is 71.0 cm³/mol. The lowest BCUT2D eigenvalue weighted by Crippen LogP contribution is -2.54. The summed E-state index contributed by atoms with van der Waals surface area (Å²) in [5.74, 6) is -1.08. The van der Waals surface area contributed by atoms with Gasteiger partial charge >= 0.3 is 12.0 Å². The van der Waals surface area contributed by atoms with E-state index in [9.17, 15) is 9.59 Å². The van der Waals surface area contributed by atoms with Gasteiger partial charge in [0, 0.05) is 13.1 Å². The molecule has 0 radical (unpaired) electrons. The topological polar surface area (TPSA) is 78.9 Å². The molecule has 1 fully saturated rings. The average Bonchev–Trinajstić information content (AvgIpc) is 2.43. The number of aliphatic carboxylic acids is 1. The van der Waals surface area contributed by atoms with Crippen molar-refractivity contribution in [1.82, 2.24) is 10.2 Å². The van der Waals surface area contributed by atoms with Crippen LogP contribution in [0, 0.1) is 5.92 Å². The quantitative estimate of drug-likeness (QED) is 0.791. The largest absolute Gasteiger partial charge is 0.480 e. The van der Waals surface area contributed by atoms with Crippen LogP contribution in [0.25, 0.3) is 0 Å². The van der Waals surface area contributed by atoms with Crippen molar-refractivity contribution in [3.8, 4) is 0 Å².